The second kappa shape index (κ2) is 7.60. The number of hydrogen-bond donors (Lipinski definition) is 1. The van der Waals surface area contributed by atoms with E-state index in [-0.39, 0.29) is 12.2 Å². The van der Waals surface area contributed by atoms with Crippen LogP contribution in [0.25, 0.3) is 11.0 Å². The van der Waals surface area contributed by atoms with Crippen molar-refractivity contribution in [1.29, 1.82) is 0 Å². The highest BCUT2D eigenvalue weighted by molar-refractivity contribution is 6.04. The van der Waals surface area contributed by atoms with Crippen molar-refractivity contribution in [1.82, 2.24) is 14.9 Å². The summed E-state index contributed by atoms with van der Waals surface area (Å²) in [5.41, 5.74) is 1.22. The van der Waals surface area contributed by atoms with Gasteiger partial charge in [-0.1, -0.05) is 54.6 Å². The van der Waals surface area contributed by atoms with Gasteiger partial charge >= 0.3 is 6.09 Å². The standard InChI is InChI=1S/C25H20FN3O3/c1-16(18-11-13-19(26)14-12-18)29-23(30)25(32-24(29)31,15-17-7-3-2-4-8-17)22-27-20-9-5-6-10-21(20)28-22/h2-14,16H,15H2,1H3,(H,27,28). The number of carbonyl (C=O) groups is 2. The molecule has 2 unspecified atom stereocenters. The molecule has 160 valence electrons. The van der Waals surface area contributed by atoms with Gasteiger partial charge in [0.2, 0.25) is 0 Å². The second-order valence-electron chi connectivity index (χ2n) is 7.86. The number of para-hydroxylation sites is 2. The number of benzene rings is 3. The first-order valence-electron chi connectivity index (χ1n) is 10.3. The highest BCUT2D eigenvalue weighted by Gasteiger charge is 2.58. The Labute approximate surface area is 183 Å². The molecule has 6 nitrogen and oxygen atoms in total. The fourth-order valence-electron chi connectivity index (χ4n) is 4.12. The van der Waals surface area contributed by atoms with Crippen LogP contribution in [-0.4, -0.2) is 26.9 Å². The van der Waals surface area contributed by atoms with Crippen molar-refractivity contribution in [3.8, 4) is 0 Å². The van der Waals surface area contributed by atoms with Crippen molar-refractivity contribution < 1.29 is 18.7 Å². The number of carbonyl (C=O) groups excluding carboxylic acids is 2. The van der Waals surface area contributed by atoms with Crippen molar-refractivity contribution in [3.05, 3.63) is 102 Å². The molecule has 3 aromatic carbocycles. The van der Waals surface area contributed by atoms with E-state index in [0.29, 0.717) is 11.1 Å². The summed E-state index contributed by atoms with van der Waals surface area (Å²) in [5.74, 6) is -0.631. The van der Waals surface area contributed by atoms with Crippen LogP contribution in [0.2, 0.25) is 0 Å². The largest absolute Gasteiger partial charge is 0.424 e. The highest BCUT2D eigenvalue weighted by Crippen LogP contribution is 2.40. The van der Waals surface area contributed by atoms with E-state index < -0.39 is 29.5 Å². The molecule has 2 amide bonds. The summed E-state index contributed by atoms with van der Waals surface area (Å²) in [6.45, 7) is 1.71. The van der Waals surface area contributed by atoms with Crippen LogP contribution in [0.5, 0.6) is 0 Å². The summed E-state index contributed by atoms with van der Waals surface area (Å²) in [5, 5.41) is 0. The van der Waals surface area contributed by atoms with E-state index >= 15 is 0 Å². The summed E-state index contributed by atoms with van der Waals surface area (Å²) in [6.07, 6.45) is -0.631. The number of ether oxygens (including phenoxy) is 1. The number of amides is 2. The third kappa shape index (κ3) is 3.22. The highest BCUT2D eigenvalue weighted by atomic mass is 19.1. The molecular formula is C25H20FN3O3. The summed E-state index contributed by atoms with van der Waals surface area (Å²) >= 11 is 0. The van der Waals surface area contributed by atoms with Crippen LogP contribution in [0.15, 0.2) is 78.9 Å². The molecule has 1 aliphatic rings. The first kappa shape index (κ1) is 19.9. The Morgan fingerprint density at radius 1 is 1.00 bits per heavy atom. The third-order valence-electron chi connectivity index (χ3n) is 5.83. The van der Waals surface area contributed by atoms with Crippen molar-refractivity contribution in [2.45, 2.75) is 25.0 Å². The van der Waals surface area contributed by atoms with E-state index in [2.05, 4.69) is 9.97 Å². The van der Waals surface area contributed by atoms with E-state index in [1.165, 1.54) is 12.1 Å². The molecule has 1 saturated heterocycles. The zero-order chi connectivity index (χ0) is 22.3. The molecule has 0 bridgehead atoms. The Bertz CT molecular complexity index is 1270. The maximum atomic E-state index is 13.8. The van der Waals surface area contributed by atoms with Crippen molar-refractivity contribution in [2.24, 2.45) is 0 Å². The zero-order valence-corrected chi connectivity index (χ0v) is 17.3. The Kier molecular flexibility index (Phi) is 4.74. The predicted molar refractivity (Wildman–Crippen MR) is 116 cm³/mol. The molecule has 1 aliphatic heterocycles. The minimum atomic E-state index is -1.63. The molecule has 0 saturated carbocycles. The smallest absolute Gasteiger partial charge is 0.418 e. The number of H-pyrrole nitrogens is 1. The Morgan fingerprint density at radius 3 is 2.41 bits per heavy atom. The van der Waals surface area contributed by atoms with Crippen LogP contribution in [0.1, 0.15) is 29.9 Å². The van der Waals surface area contributed by atoms with Gasteiger partial charge in [-0.15, -0.1) is 0 Å². The van der Waals surface area contributed by atoms with Gasteiger partial charge in [-0.2, -0.15) is 0 Å². The average molecular weight is 429 g/mol. The number of rotatable bonds is 5. The van der Waals surface area contributed by atoms with Crippen LogP contribution in [0.4, 0.5) is 9.18 Å². The molecule has 7 heteroatoms. The van der Waals surface area contributed by atoms with Crippen molar-refractivity contribution >= 4 is 23.0 Å². The number of imidazole rings is 1. The number of nitrogens with one attached hydrogen (secondary N) is 1. The van der Waals surface area contributed by atoms with E-state index in [4.69, 9.17) is 4.74 Å². The van der Waals surface area contributed by atoms with Gasteiger partial charge in [0.25, 0.3) is 11.5 Å². The summed E-state index contributed by atoms with van der Waals surface area (Å²) in [4.78, 5) is 35.7. The summed E-state index contributed by atoms with van der Waals surface area (Å²) in [6, 6.07) is 21.8. The topological polar surface area (TPSA) is 75.3 Å². The van der Waals surface area contributed by atoms with Crippen LogP contribution < -0.4 is 0 Å². The number of hydrogen-bond acceptors (Lipinski definition) is 4. The number of nitrogens with zero attached hydrogens (tertiary/aromatic N) is 2. The Morgan fingerprint density at radius 2 is 1.69 bits per heavy atom. The molecule has 0 radical (unpaired) electrons. The Balaban J connectivity index is 1.60. The number of cyclic esters (lactones) is 1. The fourth-order valence-corrected chi connectivity index (χ4v) is 4.12. The predicted octanol–water partition coefficient (Wildman–Crippen LogP) is 4.88. The molecule has 2 heterocycles. The average Bonchev–Trinajstić information content (AvgIpc) is 3.34. The van der Waals surface area contributed by atoms with Crippen molar-refractivity contribution in [3.63, 3.8) is 0 Å². The number of imide groups is 1. The number of aromatic nitrogens is 2. The van der Waals surface area contributed by atoms with Crippen molar-refractivity contribution in [2.75, 3.05) is 0 Å². The number of fused-ring (bicyclic) bond motifs is 1. The van der Waals surface area contributed by atoms with Gasteiger partial charge in [-0.05, 0) is 42.3 Å². The van der Waals surface area contributed by atoms with Gasteiger partial charge in [0, 0.05) is 6.42 Å². The van der Waals surface area contributed by atoms with Crippen LogP contribution in [0.3, 0.4) is 0 Å². The molecule has 4 aromatic rings. The minimum absolute atomic E-state index is 0.130. The lowest BCUT2D eigenvalue weighted by Gasteiger charge is -2.25. The first-order chi connectivity index (χ1) is 15.5. The van der Waals surface area contributed by atoms with Gasteiger partial charge in [0.1, 0.15) is 5.82 Å². The molecule has 0 aliphatic carbocycles. The maximum absolute atomic E-state index is 13.8. The van der Waals surface area contributed by atoms with Gasteiger partial charge in [-0.3, -0.25) is 4.79 Å². The first-order valence-corrected chi connectivity index (χ1v) is 10.3. The van der Waals surface area contributed by atoms with Crippen LogP contribution in [-0.2, 0) is 21.6 Å². The molecule has 1 aromatic heterocycles. The van der Waals surface area contributed by atoms with Gasteiger partial charge in [-0.25, -0.2) is 19.1 Å². The fraction of sp³-hybridized carbons (Fsp3) is 0.160. The number of aromatic amines is 1. The van der Waals surface area contributed by atoms with E-state index in [0.717, 1.165) is 16.0 Å². The SMILES string of the molecule is CC(c1ccc(F)cc1)N1C(=O)OC(Cc2ccccc2)(c2nc3ccccc3[nH]2)C1=O. The van der Waals surface area contributed by atoms with Crippen LogP contribution >= 0.6 is 0 Å². The summed E-state index contributed by atoms with van der Waals surface area (Å²) < 4.78 is 19.2. The maximum Gasteiger partial charge on any atom is 0.418 e. The zero-order valence-electron chi connectivity index (χ0n) is 17.3. The van der Waals surface area contributed by atoms with Gasteiger partial charge in [0.05, 0.1) is 17.1 Å². The molecule has 32 heavy (non-hydrogen) atoms. The summed E-state index contributed by atoms with van der Waals surface area (Å²) in [7, 11) is 0. The third-order valence-corrected chi connectivity index (χ3v) is 5.83. The number of halogens is 1. The normalized spacial score (nSPS) is 19.4. The van der Waals surface area contributed by atoms with Crippen LogP contribution in [0, 0.1) is 5.82 Å². The molecule has 5 rings (SSSR count). The van der Waals surface area contributed by atoms with Gasteiger partial charge < -0.3 is 9.72 Å². The lowest BCUT2D eigenvalue weighted by atomic mass is 9.92. The lowest BCUT2D eigenvalue weighted by molar-refractivity contribution is -0.139. The molecule has 1 fully saturated rings. The monoisotopic (exact) mass is 429 g/mol. The second-order valence-corrected chi connectivity index (χ2v) is 7.86. The quantitative estimate of drug-likeness (QED) is 0.491. The lowest BCUT2D eigenvalue weighted by Crippen LogP contribution is -2.42. The molecule has 0 spiro atoms. The minimum Gasteiger partial charge on any atom is -0.424 e. The van der Waals surface area contributed by atoms with E-state index in [9.17, 15) is 14.0 Å². The van der Waals surface area contributed by atoms with Gasteiger partial charge in [0.15, 0.2) is 5.82 Å². The van der Waals surface area contributed by atoms with E-state index in [1.54, 1.807) is 19.1 Å². The molecular weight excluding hydrogens is 409 g/mol. The molecule has 2 atom stereocenters. The molecule has 1 N–H and O–H groups in total. The Hall–Kier alpha value is -4.00. The van der Waals surface area contributed by atoms with E-state index in [1.807, 2.05) is 54.6 Å².